The van der Waals surface area contributed by atoms with E-state index < -0.39 is 0 Å². The van der Waals surface area contributed by atoms with E-state index in [2.05, 4.69) is 22.2 Å². The van der Waals surface area contributed by atoms with Gasteiger partial charge in [0.15, 0.2) is 11.3 Å². The summed E-state index contributed by atoms with van der Waals surface area (Å²) in [5.74, 6) is 0.749. The van der Waals surface area contributed by atoms with Crippen LogP contribution in [0.2, 0.25) is 0 Å². The van der Waals surface area contributed by atoms with E-state index in [-0.39, 0.29) is 23.9 Å². The first-order valence-electron chi connectivity index (χ1n) is 13.9. The molecule has 10 nitrogen and oxygen atoms in total. The lowest BCUT2D eigenvalue weighted by atomic mass is 10.1. The lowest BCUT2D eigenvalue weighted by molar-refractivity contribution is -0.127. The van der Waals surface area contributed by atoms with Gasteiger partial charge in [-0.05, 0) is 67.8 Å². The van der Waals surface area contributed by atoms with Crippen molar-refractivity contribution in [3.63, 3.8) is 0 Å². The summed E-state index contributed by atoms with van der Waals surface area (Å²) in [6, 6.07) is 14.3. The van der Waals surface area contributed by atoms with Crippen LogP contribution in [0, 0.1) is 6.92 Å². The molecule has 2 aliphatic heterocycles. The highest BCUT2D eigenvalue weighted by atomic mass is 32.1. The first-order valence-corrected chi connectivity index (χ1v) is 14.7. The lowest BCUT2D eigenvalue weighted by Gasteiger charge is -2.32. The number of benzene rings is 2. The molecule has 2 aliphatic rings. The molecule has 0 spiro atoms. The van der Waals surface area contributed by atoms with E-state index in [4.69, 9.17) is 9.15 Å². The quantitative estimate of drug-likeness (QED) is 0.211. The number of piperidine rings is 1. The number of carbonyl (C=O) groups excluding carboxylic acids is 3. The maximum absolute atomic E-state index is 13.6. The highest BCUT2D eigenvalue weighted by Crippen LogP contribution is 2.46. The van der Waals surface area contributed by atoms with Crippen molar-refractivity contribution < 1.29 is 23.5 Å². The molecular weight excluding hydrogens is 566 g/mol. The number of carbonyl (C=O) groups is 3. The van der Waals surface area contributed by atoms with Gasteiger partial charge in [0.2, 0.25) is 5.91 Å². The Labute approximate surface area is 250 Å². The van der Waals surface area contributed by atoms with Crippen LogP contribution in [0.15, 0.2) is 78.1 Å². The third kappa shape index (κ3) is 4.67. The Kier molecular flexibility index (Phi) is 6.58. The van der Waals surface area contributed by atoms with E-state index in [9.17, 15) is 14.4 Å². The molecule has 0 aliphatic carbocycles. The number of hydrogen-bond donors (Lipinski definition) is 2. The second kappa shape index (κ2) is 10.6. The highest BCUT2D eigenvalue weighted by Gasteiger charge is 2.34. The monoisotopic (exact) mass is 593 g/mol. The zero-order valence-corrected chi connectivity index (χ0v) is 24.1. The van der Waals surface area contributed by atoms with Gasteiger partial charge in [-0.1, -0.05) is 18.7 Å². The summed E-state index contributed by atoms with van der Waals surface area (Å²) >= 11 is 1.23. The van der Waals surface area contributed by atoms with Gasteiger partial charge in [0, 0.05) is 30.7 Å². The molecule has 1 fully saturated rings. The Balaban J connectivity index is 1.18. The number of nitrogens with one attached hydrogen (secondary N) is 2. The number of aryl methyl sites for hydroxylation is 1. The average molecular weight is 594 g/mol. The molecule has 0 saturated carbocycles. The smallest absolute Gasteiger partial charge is 0.331 e. The lowest BCUT2D eigenvalue weighted by Crippen LogP contribution is -2.49. The molecule has 11 heteroatoms. The maximum Gasteiger partial charge on any atom is 0.331 e. The van der Waals surface area contributed by atoms with Crippen LogP contribution in [0.5, 0.6) is 11.5 Å². The number of aromatic nitrogens is 1. The average Bonchev–Trinajstić information content (AvgIpc) is 3.64. The summed E-state index contributed by atoms with van der Waals surface area (Å²) in [6.45, 7) is 6.52. The van der Waals surface area contributed by atoms with Gasteiger partial charge >= 0.3 is 6.03 Å². The Morgan fingerprint density at radius 1 is 1.21 bits per heavy atom. The van der Waals surface area contributed by atoms with Crippen molar-refractivity contribution in [2.24, 2.45) is 0 Å². The summed E-state index contributed by atoms with van der Waals surface area (Å²) in [7, 11) is 0. The van der Waals surface area contributed by atoms with Crippen molar-refractivity contribution in [1.29, 1.82) is 0 Å². The minimum Gasteiger partial charge on any atom is -0.460 e. The summed E-state index contributed by atoms with van der Waals surface area (Å²) in [5, 5.41) is 7.65. The minimum absolute atomic E-state index is 0.151. The van der Waals surface area contributed by atoms with Gasteiger partial charge in [-0.25, -0.2) is 9.78 Å². The van der Waals surface area contributed by atoms with E-state index >= 15 is 0 Å². The Morgan fingerprint density at radius 2 is 2.09 bits per heavy atom. The third-order valence-electron chi connectivity index (χ3n) is 7.77. The summed E-state index contributed by atoms with van der Waals surface area (Å²) in [5.41, 5.74) is 3.23. The fourth-order valence-electron chi connectivity index (χ4n) is 5.77. The van der Waals surface area contributed by atoms with E-state index in [0.29, 0.717) is 62.3 Å². The molecule has 0 radical (unpaired) electrons. The van der Waals surface area contributed by atoms with Crippen LogP contribution < -0.4 is 20.3 Å². The summed E-state index contributed by atoms with van der Waals surface area (Å²) in [6.07, 6.45) is 6.09. The molecule has 2 aromatic carbocycles. The second-order valence-electron chi connectivity index (χ2n) is 10.5. The SMILES string of the molecule is C=CC(=O)N1CCCC(NC(=O)c2sc3nccc4c3c2NC(=O)N4c2ccc(Oc3cccc4ccoc34)cc2C)C1. The molecule has 7 rings (SSSR count). The van der Waals surface area contributed by atoms with Crippen LogP contribution in [0.3, 0.4) is 0 Å². The Bertz CT molecular complexity index is 1950. The van der Waals surface area contributed by atoms with E-state index in [0.717, 1.165) is 23.8 Å². The number of thiophene rings is 1. The number of nitrogens with zero attached hydrogens (tertiary/aromatic N) is 3. The molecule has 5 aromatic rings. The molecule has 216 valence electrons. The largest absolute Gasteiger partial charge is 0.460 e. The van der Waals surface area contributed by atoms with E-state index in [1.165, 1.54) is 17.4 Å². The molecule has 1 saturated heterocycles. The number of anilines is 3. The number of urea groups is 1. The van der Waals surface area contributed by atoms with Crippen molar-refractivity contribution in [2.75, 3.05) is 23.3 Å². The van der Waals surface area contributed by atoms with Gasteiger partial charge in [0.25, 0.3) is 5.91 Å². The number of likely N-dealkylation sites (tertiary alicyclic amines) is 1. The Morgan fingerprint density at radius 3 is 2.93 bits per heavy atom. The van der Waals surface area contributed by atoms with E-state index in [1.54, 1.807) is 28.3 Å². The Hall–Kier alpha value is -5.16. The zero-order valence-electron chi connectivity index (χ0n) is 23.3. The molecule has 0 bridgehead atoms. The van der Waals surface area contributed by atoms with Crippen LogP contribution >= 0.6 is 11.3 Å². The first kappa shape index (κ1) is 26.7. The fourth-order valence-corrected chi connectivity index (χ4v) is 6.80. The van der Waals surface area contributed by atoms with Crippen LogP contribution in [0.25, 0.3) is 21.2 Å². The highest BCUT2D eigenvalue weighted by molar-refractivity contribution is 7.21. The maximum atomic E-state index is 13.6. The van der Waals surface area contributed by atoms with Crippen LogP contribution in [-0.4, -0.2) is 46.9 Å². The first-order chi connectivity index (χ1) is 20.9. The second-order valence-corrected chi connectivity index (χ2v) is 11.5. The van der Waals surface area contributed by atoms with Gasteiger partial charge < -0.3 is 24.7 Å². The topological polar surface area (TPSA) is 117 Å². The molecule has 1 atom stereocenters. The fraction of sp³-hybridized carbons (Fsp3) is 0.188. The molecule has 2 N–H and O–H groups in total. The van der Waals surface area contributed by atoms with Crippen LogP contribution in [0.1, 0.15) is 28.1 Å². The van der Waals surface area contributed by atoms with Gasteiger partial charge in [-0.2, -0.15) is 0 Å². The van der Waals surface area contributed by atoms with Crippen molar-refractivity contribution in [2.45, 2.75) is 25.8 Å². The number of pyridine rings is 1. The summed E-state index contributed by atoms with van der Waals surface area (Å²) in [4.78, 5) is 48.0. The molecule has 4 amide bonds. The number of fused-ring (bicyclic) bond motifs is 1. The van der Waals surface area contributed by atoms with Gasteiger partial charge in [-0.15, -0.1) is 11.3 Å². The molecule has 3 aromatic heterocycles. The molecular formula is C32H27N5O5S. The van der Waals surface area contributed by atoms with Crippen LogP contribution in [-0.2, 0) is 4.79 Å². The van der Waals surface area contributed by atoms with Crippen molar-refractivity contribution in [3.8, 4) is 11.5 Å². The third-order valence-corrected chi connectivity index (χ3v) is 8.87. The summed E-state index contributed by atoms with van der Waals surface area (Å²) < 4.78 is 11.7. The number of para-hydroxylation sites is 1. The number of ether oxygens (including phenoxy) is 1. The normalized spacial score (nSPS) is 16.3. The van der Waals surface area contributed by atoms with Gasteiger partial charge in [0.05, 0.1) is 28.7 Å². The standard InChI is InChI=1S/C32H27N5O5S/c1-3-25(38)36-14-5-7-20(17-36)34-30(39)29-27-26-23(11-13-33-31(26)43-29)37(32(40)35-27)22-10-9-21(16-18(22)2)42-24-8-4-6-19-12-15-41-28(19)24/h3-4,6,8-13,15-16,20H,1,5,7,14,17H2,2H3,(H,34,39)(H,35,40). The predicted octanol–water partition coefficient (Wildman–Crippen LogP) is 6.73. The van der Waals surface area contributed by atoms with Crippen molar-refractivity contribution in [3.05, 3.63) is 84.1 Å². The van der Waals surface area contributed by atoms with E-state index in [1.807, 2.05) is 49.4 Å². The molecule has 1 unspecified atom stereocenters. The predicted molar refractivity (Wildman–Crippen MR) is 166 cm³/mol. The molecule has 5 heterocycles. The molecule has 43 heavy (non-hydrogen) atoms. The van der Waals surface area contributed by atoms with Crippen molar-refractivity contribution >= 4 is 67.4 Å². The number of hydrogen-bond acceptors (Lipinski definition) is 7. The zero-order chi connectivity index (χ0) is 29.7. The van der Waals surface area contributed by atoms with Crippen molar-refractivity contribution in [1.82, 2.24) is 15.2 Å². The number of rotatable bonds is 6. The number of amides is 4. The van der Waals surface area contributed by atoms with Gasteiger partial charge in [-0.3, -0.25) is 14.5 Å². The number of furan rings is 1. The van der Waals surface area contributed by atoms with Crippen LogP contribution in [0.4, 0.5) is 21.9 Å². The minimum atomic E-state index is -0.384. The van der Waals surface area contributed by atoms with Gasteiger partial charge in [0.1, 0.15) is 15.5 Å².